The summed E-state index contributed by atoms with van der Waals surface area (Å²) in [5.41, 5.74) is 7.78. The van der Waals surface area contributed by atoms with E-state index in [0.29, 0.717) is 18.2 Å². The SMILES string of the molecule is C[C@@H](N)c1ccc(N2CCOCC2CO)c(Cl)c1. The molecule has 5 heteroatoms. The van der Waals surface area contributed by atoms with Crippen LogP contribution in [0.5, 0.6) is 0 Å². The molecule has 0 aliphatic carbocycles. The molecule has 1 aromatic rings. The fourth-order valence-corrected chi connectivity index (χ4v) is 2.46. The lowest BCUT2D eigenvalue weighted by atomic mass is 10.1. The van der Waals surface area contributed by atoms with Crippen LogP contribution in [-0.2, 0) is 4.74 Å². The van der Waals surface area contributed by atoms with Gasteiger partial charge < -0.3 is 20.5 Å². The van der Waals surface area contributed by atoms with Gasteiger partial charge in [-0.25, -0.2) is 0 Å². The Labute approximate surface area is 112 Å². The van der Waals surface area contributed by atoms with Gasteiger partial charge in [-0.3, -0.25) is 0 Å². The monoisotopic (exact) mass is 270 g/mol. The molecule has 1 aliphatic heterocycles. The van der Waals surface area contributed by atoms with Crippen molar-refractivity contribution in [1.29, 1.82) is 0 Å². The van der Waals surface area contributed by atoms with E-state index in [0.717, 1.165) is 17.8 Å². The lowest BCUT2D eigenvalue weighted by Crippen LogP contribution is -2.47. The first kappa shape index (κ1) is 13.6. The summed E-state index contributed by atoms with van der Waals surface area (Å²) in [5.74, 6) is 0. The van der Waals surface area contributed by atoms with Crippen LogP contribution in [0.4, 0.5) is 5.69 Å². The fraction of sp³-hybridized carbons (Fsp3) is 0.538. The molecule has 1 aromatic carbocycles. The molecule has 2 rings (SSSR count). The molecule has 3 N–H and O–H groups in total. The van der Waals surface area contributed by atoms with Crippen LogP contribution in [0.25, 0.3) is 0 Å². The summed E-state index contributed by atoms with van der Waals surface area (Å²) in [6.45, 7) is 3.91. The van der Waals surface area contributed by atoms with E-state index in [4.69, 9.17) is 22.1 Å². The highest BCUT2D eigenvalue weighted by Gasteiger charge is 2.24. The van der Waals surface area contributed by atoms with Gasteiger partial charge in [0.25, 0.3) is 0 Å². The maximum atomic E-state index is 9.37. The molecule has 0 saturated carbocycles. The molecule has 0 amide bonds. The summed E-state index contributed by atoms with van der Waals surface area (Å²) < 4.78 is 5.36. The van der Waals surface area contributed by atoms with E-state index < -0.39 is 0 Å². The first-order valence-corrected chi connectivity index (χ1v) is 6.51. The van der Waals surface area contributed by atoms with Gasteiger partial charge >= 0.3 is 0 Å². The molecular formula is C13H19ClN2O2. The zero-order valence-electron chi connectivity index (χ0n) is 10.5. The van der Waals surface area contributed by atoms with Gasteiger partial charge in [-0.05, 0) is 24.6 Å². The minimum absolute atomic E-state index is 0.0302. The number of anilines is 1. The highest BCUT2D eigenvalue weighted by molar-refractivity contribution is 6.33. The summed E-state index contributed by atoms with van der Waals surface area (Å²) >= 11 is 6.31. The molecule has 2 atom stereocenters. The van der Waals surface area contributed by atoms with E-state index in [1.165, 1.54) is 0 Å². The molecule has 1 aliphatic rings. The number of ether oxygens (including phenoxy) is 1. The van der Waals surface area contributed by atoms with Gasteiger partial charge in [0, 0.05) is 12.6 Å². The number of aliphatic hydroxyl groups excluding tert-OH is 1. The van der Waals surface area contributed by atoms with Crippen LogP contribution >= 0.6 is 11.6 Å². The lowest BCUT2D eigenvalue weighted by Gasteiger charge is -2.37. The van der Waals surface area contributed by atoms with Crippen LogP contribution in [0.15, 0.2) is 18.2 Å². The number of benzene rings is 1. The Kier molecular flexibility index (Phi) is 4.45. The second-order valence-corrected chi connectivity index (χ2v) is 5.01. The number of nitrogens with zero attached hydrogens (tertiary/aromatic N) is 1. The Morgan fingerprint density at radius 3 is 3.00 bits per heavy atom. The number of halogens is 1. The second-order valence-electron chi connectivity index (χ2n) is 4.60. The number of rotatable bonds is 3. The molecule has 0 spiro atoms. The molecule has 4 nitrogen and oxygen atoms in total. The molecule has 0 bridgehead atoms. The van der Waals surface area contributed by atoms with Crippen molar-refractivity contribution < 1.29 is 9.84 Å². The molecular weight excluding hydrogens is 252 g/mol. The van der Waals surface area contributed by atoms with Gasteiger partial charge in [-0.15, -0.1) is 0 Å². The quantitative estimate of drug-likeness (QED) is 0.875. The predicted octanol–water partition coefficient (Wildman–Crippen LogP) is 1.56. The third kappa shape index (κ3) is 2.78. The number of nitrogens with two attached hydrogens (primary N) is 1. The highest BCUT2D eigenvalue weighted by atomic mass is 35.5. The zero-order valence-corrected chi connectivity index (χ0v) is 11.2. The molecule has 1 heterocycles. The van der Waals surface area contributed by atoms with Crippen molar-refractivity contribution in [2.24, 2.45) is 5.73 Å². The zero-order chi connectivity index (χ0) is 13.1. The van der Waals surface area contributed by atoms with Gasteiger partial charge in [0.05, 0.1) is 36.6 Å². The summed E-state index contributed by atoms with van der Waals surface area (Å²) in [4.78, 5) is 2.09. The van der Waals surface area contributed by atoms with Gasteiger partial charge in [0.2, 0.25) is 0 Å². The van der Waals surface area contributed by atoms with E-state index in [9.17, 15) is 5.11 Å². The van der Waals surface area contributed by atoms with Crippen LogP contribution in [0, 0.1) is 0 Å². The second kappa shape index (κ2) is 5.89. The van der Waals surface area contributed by atoms with Gasteiger partial charge in [0.15, 0.2) is 0 Å². The molecule has 1 saturated heterocycles. The molecule has 0 aromatic heterocycles. The van der Waals surface area contributed by atoms with E-state index in [-0.39, 0.29) is 18.7 Å². The third-order valence-electron chi connectivity index (χ3n) is 3.25. The molecule has 1 unspecified atom stereocenters. The van der Waals surface area contributed by atoms with Crippen molar-refractivity contribution in [3.05, 3.63) is 28.8 Å². The highest BCUT2D eigenvalue weighted by Crippen LogP contribution is 2.30. The topological polar surface area (TPSA) is 58.7 Å². The van der Waals surface area contributed by atoms with Crippen LogP contribution in [0.3, 0.4) is 0 Å². The number of hydrogen-bond acceptors (Lipinski definition) is 4. The van der Waals surface area contributed by atoms with E-state index in [2.05, 4.69) is 4.90 Å². The van der Waals surface area contributed by atoms with Crippen molar-refractivity contribution in [3.8, 4) is 0 Å². The average molecular weight is 271 g/mol. The third-order valence-corrected chi connectivity index (χ3v) is 3.55. The fourth-order valence-electron chi connectivity index (χ4n) is 2.16. The van der Waals surface area contributed by atoms with Crippen LogP contribution < -0.4 is 10.6 Å². The van der Waals surface area contributed by atoms with Crippen LogP contribution in [0.1, 0.15) is 18.5 Å². The molecule has 100 valence electrons. The Balaban J connectivity index is 2.26. The van der Waals surface area contributed by atoms with Crippen molar-refractivity contribution in [3.63, 3.8) is 0 Å². The Morgan fingerprint density at radius 1 is 1.61 bits per heavy atom. The molecule has 1 fully saturated rings. The van der Waals surface area contributed by atoms with Gasteiger partial charge in [-0.2, -0.15) is 0 Å². The standard InChI is InChI=1S/C13H19ClN2O2/c1-9(15)10-2-3-13(12(14)6-10)16-4-5-18-8-11(16)7-17/h2-3,6,9,11,17H,4-5,7-8,15H2,1H3/t9-,11?/m1/s1. The van der Waals surface area contributed by atoms with Crippen molar-refractivity contribution in [2.45, 2.75) is 19.0 Å². The average Bonchev–Trinajstić information content (AvgIpc) is 2.38. The molecule has 0 radical (unpaired) electrons. The van der Waals surface area contributed by atoms with Crippen molar-refractivity contribution >= 4 is 17.3 Å². The van der Waals surface area contributed by atoms with Gasteiger partial charge in [0.1, 0.15) is 0 Å². The van der Waals surface area contributed by atoms with E-state index >= 15 is 0 Å². The maximum Gasteiger partial charge on any atom is 0.0756 e. The maximum absolute atomic E-state index is 9.37. The summed E-state index contributed by atoms with van der Waals surface area (Å²) in [6.07, 6.45) is 0. The summed E-state index contributed by atoms with van der Waals surface area (Å²) in [7, 11) is 0. The minimum atomic E-state index is -0.0325. The number of morpholine rings is 1. The van der Waals surface area contributed by atoms with Crippen molar-refractivity contribution in [1.82, 2.24) is 0 Å². The number of aliphatic hydroxyl groups is 1. The van der Waals surface area contributed by atoms with Crippen LogP contribution in [0.2, 0.25) is 5.02 Å². The van der Waals surface area contributed by atoms with E-state index in [1.54, 1.807) is 0 Å². The summed E-state index contributed by atoms with van der Waals surface area (Å²) in [6, 6.07) is 5.78. The Bertz CT molecular complexity index is 412. The van der Waals surface area contributed by atoms with Gasteiger partial charge in [-0.1, -0.05) is 17.7 Å². The number of hydrogen-bond donors (Lipinski definition) is 2. The summed E-state index contributed by atoms with van der Waals surface area (Å²) in [5, 5.41) is 10.0. The Morgan fingerprint density at radius 2 is 2.39 bits per heavy atom. The Hall–Kier alpha value is -0.810. The van der Waals surface area contributed by atoms with Crippen LogP contribution in [-0.4, -0.2) is 37.5 Å². The largest absolute Gasteiger partial charge is 0.394 e. The minimum Gasteiger partial charge on any atom is -0.394 e. The van der Waals surface area contributed by atoms with Crippen molar-refractivity contribution in [2.75, 3.05) is 31.3 Å². The smallest absolute Gasteiger partial charge is 0.0756 e. The first-order valence-electron chi connectivity index (χ1n) is 6.13. The first-order chi connectivity index (χ1) is 8.63. The molecule has 18 heavy (non-hydrogen) atoms. The predicted molar refractivity (Wildman–Crippen MR) is 73.1 cm³/mol. The normalized spacial score (nSPS) is 22.0. The van der Waals surface area contributed by atoms with E-state index in [1.807, 2.05) is 25.1 Å². The lowest BCUT2D eigenvalue weighted by molar-refractivity contribution is 0.0727.